The molecule has 4 rings (SSSR count). The molecule has 4 nitrogen and oxygen atoms in total. The van der Waals surface area contributed by atoms with Crippen LogP contribution in [0.5, 0.6) is 0 Å². The molecule has 140 valence electrons. The van der Waals surface area contributed by atoms with E-state index in [1.54, 1.807) is 11.8 Å². The van der Waals surface area contributed by atoms with E-state index in [2.05, 4.69) is 17.9 Å². The summed E-state index contributed by atoms with van der Waals surface area (Å²) >= 11 is 3.12. The summed E-state index contributed by atoms with van der Waals surface area (Å²) in [6, 6.07) is 9.70. The van der Waals surface area contributed by atoms with Crippen LogP contribution in [0, 0.1) is 0 Å². The monoisotopic (exact) mass is 399 g/mol. The normalized spacial score (nSPS) is 23.8. The Balaban J connectivity index is 1.86. The van der Waals surface area contributed by atoms with Gasteiger partial charge in [-0.3, -0.25) is 9.59 Å². The third-order valence-corrected chi connectivity index (χ3v) is 7.37. The highest BCUT2D eigenvalue weighted by molar-refractivity contribution is 8.22. The first-order chi connectivity index (χ1) is 13.2. The molecular formula is C21H21NO3S2. The fraction of sp³-hybridized carbons (Fsp3) is 0.333. The van der Waals surface area contributed by atoms with Crippen molar-refractivity contribution < 1.29 is 14.3 Å². The van der Waals surface area contributed by atoms with Gasteiger partial charge >= 0.3 is 5.97 Å². The molecule has 0 saturated heterocycles. The van der Waals surface area contributed by atoms with Gasteiger partial charge in [0.15, 0.2) is 0 Å². The van der Waals surface area contributed by atoms with E-state index in [0.29, 0.717) is 6.61 Å². The lowest BCUT2D eigenvalue weighted by Gasteiger charge is -2.41. The molecule has 3 heterocycles. The number of carbonyl (C=O) groups excluding carboxylic acids is 2. The van der Waals surface area contributed by atoms with Crippen LogP contribution in [0.2, 0.25) is 0 Å². The molecule has 0 amide bonds. The fourth-order valence-corrected chi connectivity index (χ4v) is 6.38. The lowest BCUT2D eigenvalue weighted by molar-refractivity contribution is -0.143. The summed E-state index contributed by atoms with van der Waals surface area (Å²) in [5.74, 6) is 0.702. The van der Waals surface area contributed by atoms with Crippen molar-refractivity contribution in [3.63, 3.8) is 0 Å². The van der Waals surface area contributed by atoms with Gasteiger partial charge in [0, 0.05) is 0 Å². The molecule has 0 aliphatic carbocycles. The Morgan fingerprint density at radius 3 is 2.78 bits per heavy atom. The van der Waals surface area contributed by atoms with E-state index in [4.69, 9.17) is 4.74 Å². The van der Waals surface area contributed by atoms with Crippen LogP contribution in [0.4, 0.5) is 0 Å². The molecule has 27 heavy (non-hydrogen) atoms. The van der Waals surface area contributed by atoms with Gasteiger partial charge in [-0.05, 0) is 30.7 Å². The van der Waals surface area contributed by atoms with Crippen molar-refractivity contribution in [3.05, 3.63) is 63.7 Å². The van der Waals surface area contributed by atoms with E-state index >= 15 is 0 Å². The number of allylic oxidation sites excluding steroid dienone is 2. The van der Waals surface area contributed by atoms with Crippen LogP contribution in [-0.2, 0) is 14.3 Å². The summed E-state index contributed by atoms with van der Waals surface area (Å²) in [4.78, 5) is 28.2. The number of esters is 1. The number of benzene rings is 1. The van der Waals surface area contributed by atoms with Crippen LogP contribution in [0.3, 0.4) is 0 Å². The summed E-state index contributed by atoms with van der Waals surface area (Å²) in [6.45, 7) is 4.25. The van der Waals surface area contributed by atoms with Crippen molar-refractivity contribution in [2.24, 2.45) is 0 Å². The third kappa shape index (κ3) is 3.05. The van der Waals surface area contributed by atoms with Gasteiger partial charge in [0.05, 0.1) is 28.2 Å². The lowest BCUT2D eigenvalue weighted by atomic mass is 9.99. The average Bonchev–Trinajstić information content (AvgIpc) is 2.98. The quantitative estimate of drug-likeness (QED) is 0.691. The molecule has 0 fully saturated rings. The zero-order chi connectivity index (χ0) is 19.0. The van der Waals surface area contributed by atoms with Crippen molar-refractivity contribution in [1.82, 2.24) is 4.90 Å². The molecule has 0 saturated carbocycles. The van der Waals surface area contributed by atoms with Gasteiger partial charge in [0.1, 0.15) is 10.9 Å². The van der Waals surface area contributed by atoms with E-state index in [-0.39, 0.29) is 23.0 Å². The highest BCUT2D eigenvalue weighted by Gasteiger charge is 2.49. The third-order valence-electron chi connectivity index (χ3n) is 4.82. The topological polar surface area (TPSA) is 46.6 Å². The number of hydrogen-bond donors (Lipinski definition) is 0. The van der Waals surface area contributed by atoms with Crippen molar-refractivity contribution >= 4 is 40.8 Å². The molecule has 0 spiro atoms. The zero-order valence-corrected chi connectivity index (χ0v) is 16.9. The van der Waals surface area contributed by atoms with Gasteiger partial charge in [-0.2, -0.15) is 0 Å². The van der Waals surface area contributed by atoms with E-state index < -0.39 is 0 Å². The lowest BCUT2D eigenvalue weighted by Crippen LogP contribution is -2.48. The standard InChI is InChI=1S/C21H21NO3S2/c1-3-25-20(24)19-15-12-8-11-14-16(13-9-6-5-7-10-13)18(23)17(22(14)15)21(27-19)26-4-2/h5-11,15,19H,3-4,12H2,1-2H3/t15-,19-/m0/s1. The number of Topliss-reactive ketones (excluding diaryl/α,β-unsaturated/α-hetero) is 1. The Morgan fingerprint density at radius 1 is 1.30 bits per heavy atom. The number of rotatable bonds is 5. The van der Waals surface area contributed by atoms with Crippen molar-refractivity contribution in [3.8, 4) is 0 Å². The molecule has 1 aromatic carbocycles. The Bertz CT molecular complexity index is 873. The second kappa shape index (κ2) is 7.60. The fourth-order valence-electron chi connectivity index (χ4n) is 3.76. The van der Waals surface area contributed by atoms with E-state index in [1.807, 2.05) is 43.3 Å². The smallest absolute Gasteiger partial charge is 0.321 e. The number of nitrogens with zero attached hydrogens (tertiary/aromatic N) is 1. The first-order valence-electron chi connectivity index (χ1n) is 9.17. The number of ketones is 1. The molecule has 2 atom stereocenters. The number of thioether (sulfide) groups is 2. The average molecular weight is 400 g/mol. The van der Waals surface area contributed by atoms with Crippen LogP contribution in [0.1, 0.15) is 25.8 Å². The highest BCUT2D eigenvalue weighted by Crippen LogP contribution is 2.52. The Kier molecular flexibility index (Phi) is 5.19. The van der Waals surface area contributed by atoms with Crippen molar-refractivity contribution in [2.75, 3.05) is 12.4 Å². The van der Waals surface area contributed by atoms with Gasteiger partial charge < -0.3 is 9.64 Å². The highest BCUT2D eigenvalue weighted by atomic mass is 32.2. The molecule has 1 aromatic rings. The summed E-state index contributed by atoms with van der Waals surface area (Å²) in [5.41, 5.74) is 3.28. The van der Waals surface area contributed by atoms with E-state index in [1.165, 1.54) is 11.8 Å². The Labute approximate surface area is 167 Å². The molecule has 0 bridgehead atoms. The number of hydrogen-bond acceptors (Lipinski definition) is 6. The summed E-state index contributed by atoms with van der Waals surface area (Å²) in [5, 5.41) is -0.328. The van der Waals surface area contributed by atoms with Gasteiger partial charge in [-0.1, -0.05) is 55.1 Å². The predicted octanol–water partition coefficient (Wildman–Crippen LogP) is 4.21. The molecule has 0 N–H and O–H groups in total. The SMILES string of the molecule is CCOC(=O)[C@H]1SC(SCC)=C2C(=O)C(c3ccccc3)=C3C=CC[C@@H]1N32. The largest absolute Gasteiger partial charge is 0.465 e. The van der Waals surface area contributed by atoms with Gasteiger partial charge in [-0.15, -0.1) is 11.8 Å². The first-order valence-corrected chi connectivity index (χ1v) is 11.0. The zero-order valence-electron chi connectivity index (χ0n) is 15.3. The van der Waals surface area contributed by atoms with Gasteiger partial charge in [-0.25, -0.2) is 0 Å². The number of carbonyl (C=O) groups is 2. The predicted molar refractivity (Wildman–Crippen MR) is 111 cm³/mol. The second-order valence-corrected chi connectivity index (χ2v) is 9.07. The minimum Gasteiger partial charge on any atom is -0.465 e. The maximum absolute atomic E-state index is 13.4. The molecule has 6 heteroatoms. The summed E-state index contributed by atoms with van der Waals surface area (Å²) in [7, 11) is 0. The minimum absolute atomic E-state index is 0.0542. The first kappa shape index (κ1) is 18.4. The molecule has 0 unspecified atom stereocenters. The summed E-state index contributed by atoms with van der Waals surface area (Å²) in [6.07, 6.45) is 4.82. The van der Waals surface area contributed by atoms with Crippen LogP contribution in [-0.4, -0.2) is 40.3 Å². The Morgan fingerprint density at radius 2 is 2.07 bits per heavy atom. The molecular weight excluding hydrogens is 378 g/mol. The molecule has 3 aliphatic heterocycles. The molecule has 0 radical (unpaired) electrons. The molecule has 0 aromatic heterocycles. The minimum atomic E-state index is -0.328. The van der Waals surface area contributed by atoms with E-state index in [9.17, 15) is 9.59 Å². The number of ether oxygens (including phenoxy) is 1. The van der Waals surface area contributed by atoms with Crippen LogP contribution in [0.25, 0.3) is 5.57 Å². The van der Waals surface area contributed by atoms with Crippen LogP contribution in [0.15, 0.2) is 58.1 Å². The maximum atomic E-state index is 13.4. The van der Waals surface area contributed by atoms with Crippen molar-refractivity contribution in [1.29, 1.82) is 0 Å². The van der Waals surface area contributed by atoms with Gasteiger partial charge in [0.2, 0.25) is 5.78 Å². The Hall–Kier alpha value is -1.92. The van der Waals surface area contributed by atoms with Gasteiger partial charge in [0.25, 0.3) is 0 Å². The maximum Gasteiger partial charge on any atom is 0.321 e. The second-order valence-electron chi connectivity index (χ2n) is 6.39. The van der Waals surface area contributed by atoms with Crippen molar-refractivity contribution in [2.45, 2.75) is 31.6 Å². The molecule has 3 aliphatic rings. The van der Waals surface area contributed by atoms with E-state index in [0.717, 1.165) is 38.9 Å². The van der Waals surface area contributed by atoms with Crippen LogP contribution >= 0.6 is 23.5 Å². The summed E-state index contributed by atoms with van der Waals surface area (Å²) < 4.78 is 6.27. The van der Waals surface area contributed by atoms with Crippen LogP contribution < -0.4 is 0 Å².